The van der Waals surface area contributed by atoms with Gasteiger partial charge in [-0.15, -0.1) is 0 Å². The zero-order valence-corrected chi connectivity index (χ0v) is 18.3. The third-order valence-corrected chi connectivity index (χ3v) is 5.32. The topological polar surface area (TPSA) is 79.3 Å². The van der Waals surface area contributed by atoms with Gasteiger partial charge >= 0.3 is 0 Å². The number of nitrogens with zero attached hydrogens (tertiary/aromatic N) is 2. The van der Waals surface area contributed by atoms with Gasteiger partial charge < -0.3 is 24.4 Å². The van der Waals surface area contributed by atoms with Crippen LogP contribution >= 0.6 is 0 Å². The molecule has 2 aromatic rings. The number of ketones is 1. The highest BCUT2D eigenvalue weighted by Crippen LogP contribution is 2.41. The number of hydrogen-bond donors (Lipinski definition) is 1. The minimum absolute atomic E-state index is 0.0597. The Morgan fingerprint density at radius 1 is 1.06 bits per heavy atom. The van der Waals surface area contributed by atoms with E-state index in [1.807, 2.05) is 49.3 Å². The maximum atomic E-state index is 13.0. The van der Waals surface area contributed by atoms with Crippen LogP contribution in [0.2, 0.25) is 0 Å². The SMILES string of the molecule is COc1ccc(/C(O)=C2\C(=O)C(=O)N(CCCN(C)C)[C@H]2c2ccccc2)c(OC)c1. The van der Waals surface area contributed by atoms with Gasteiger partial charge in [0.05, 0.1) is 31.4 Å². The Hall–Kier alpha value is -3.32. The number of methoxy groups -OCH3 is 2. The van der Waals surface area contributed by atoms with Crippen LogP contribution in [0.1, 0.15) is 23.6 Å². The number of rotatable bonds is 8. The van der Waals surface area contributed by atoms with Gasteiger partial charge in [-0.2, -0.15) is 0 Å². The van der Waals surface area contributed by atoms with Crippen LogP contribution in [0.3, 0.4) is 0 Å². The number of likely N-dealkylation sites (tertiary alicyclic amines) is 1. The summed E-state index contributed by atoms with van der Waals surface area (Å²) in [6, 6.07) is 13.5. The molecule has 164 valence electrons. The molecule has 7 nitrogen and oxygen atoms in total. The van der Waals surface area contributed by atoms with Crippen molar-refractivity contribution >= 4 is 17.4 Å². The Balaban J connectivity index is 2.12. The van der Waals surface area contributed by atoms with Gasteiger partial charge in [0, 0.05) is 12.6 Å². The number of aliphatic hydroxyl groups is 1. The molecule has 1 aliphatic heterocycles. The van der Waals surface area contributed by atoms with Gasteiger partial charge in [-0.1, -0.05) is 30.3 Å². The predicted octanol–water partition coefficient (Wildman–Crippen LogP) is 3.08. The molecular formula is C24H28N2O5. The molecule has 3 rings (SSSR count). The average Bonchev–Trinajstić information content (AvgIpc) is 3.03. The molecule has 1 N–H and O–H groups in total. The summed E-state index contributed by atoms with van der Waals surface area (Å²) in [6.45, 7) is 1.18. The predicted molar refractivity (Wildman–Crippen MR) is 118 cm³/mol. The fourth-order valence-corrected chi connectivity index (χ4v) is 3.79. The number of Topliss-reactive ketones (excluding diaryl/α,β-unsaturated/α-hetero) is 1. The quantitative estimate of drug-likeness (QED) is 0.399. The molecule has 0 saturated carbocycles. The minimum atomic E-state index is -0.700. The monoisotopic (exact) mass is 424 g/mol. The fourth-order valence-electron chi connectivity index (χ4n) is 3.79. The number of carbonyl (C=O) groups excluding carboxylic acids is 2. The normalized spacial score (nSPS) is 18.0. The number of aliphatic hydroxyl groups excluding tert-OH is 1. The fraction of sp³-hybridized carbons (Fsp3) is 0.333. The molecule has 0 aromatic heterocycles. The Morgan fingerprint density at radius 2 is 1.77 bits per heavy atom. The van der Waals surface area contributed by atoms with Crippen LogP contribution in [0.4, 0.5) is 0 Å². The molecule has 2 aromatic carbocycles. The molecule has 0 radical (unpaired) electrons. The summed E-state index contributed by atoms with van der Waals surface area (Å²) in [5, 5.41) is 11.2. The lowest BCUT2D eigenvalue weighted by atomic mass is 9.95. The molecule has 0 bridgehead atoms. The van der Waals surface area contributed by atoms with Crippen molar-refractivity contribution < 1.29 is 24.2 Å². The van der Waals surface area contributed by atoms with Gasteiger partial charge in [-0.25, -0.2) is 0 Å². The lowest BCUT2D eigenvalue weighted by Crippen LogP contribution is -2.32. The summed E-state index contributed by atoms with van der Waals surface area (Å²) in [7, 11) is 6.92. The minimum Gasteiger partial charge on any atom is -0.507 e. The standard InChI is InChI=1S/C24H28N2O5/c1-25(2)13-8-14-26-21(16-9-6-5-7-10-16)20(23(28)24(26)29)22(27)18-12-11-17(30-3)15-19(18)31-4/h5-7,9-12,15,21,27H,8,13-14H2,1-4H3/b22-20+/t21-/m0/s1. The average molecular weight is 424 g/mol. The summed E-state index contributed by atoms with van der Waals surface area (Å²) >= 11 is 0. The second kappa shape index (κ2) is 9.66. The molecule has 1 heterocycles. The zero-order valence-electron chi connectivity index (χ0n) is 18.3. The second-order valence-corrected chi connectivity index (χ2v) is 7.63. The van der Waals surface area contributed by atoms with Crippen LogP contribution < -0.4 is 9.47 Å². The van der Waals surface area contributed by atoms with Crippen molar-refractivity contribution in [2.24, 2.45) is 0 Å². The molecule has 1 aliphatic rings. The van der Waals surface area contributed by atoms with Crippen molar-refractivity contribution in [3.8, 4) is 11.5 Å². The van der Waals surface area contributed by atoms with E-state index < -0.39 is 17.7 Å². The molecular weight excluding hydrogens is 396 g/mol. The van der Waals surface area contributed by atoms with E-state index >= 15 is 0 Å². The van der Waals surface area contributed by atoms with Crippen molar-refractivity contribution in [3.05, 3.63) is 65.2 Å². The van der Waals surface area contributed by atoms with Crippen LogP contribution in [-0.2, 0) is 9.59 Å². The van der Waals surface area contributed by atoms with E-state index in [0.717, 1.165) is 12.1 Å². The number of benzene rings is 2. The summed E-state index contributed by atoms with van der Waals surface area (Å²) in [4.78, 5) is 29.5. The molecule has 1 saturated heterocycles. The van der Waals surface area contributed by atoms with Crippen molar-refractivity contribution in [2.45, 2.75) is 12.5 Å². The molecule has 7 heteroatoms. The number of hydrogen-bond acceptors (Lipinski definition) is 6. The van der Waals surface area contributed by atoms with E-state index in [1.165, 1.54) is 14.2 Å². The van der Waals surface area contributed by atoms with E-state index in [2.05, 4.69) is 0 Å². The van der Waals surface area contributed by atoms with E-state index in [1.54, 1.807) is 23.1 Å². The summed E-state index contributed by atoms with van der Waals surface area (Å²) in [5.74, 6) is -0.669. The second-order valence-electron chi connectivity index (χ2n) is 7.63. The Morgan fingerprint density at radius 3 is 2.39 bits per heavy atom. The number of ether oxygens (including phenoxy) is 2. The first kappa shape index (κ1) is 22.4. The lowest BCUT2D eigenvalue weighted by Gasteiger charge is -2.26. The molecule has 0 unspecified atom stereocenters. The maximum Gasteiger partial charge on any atom is 0.295 e. The maximum absolute atomic E-state index is 13.0. The highest BCUT2D eigenvalue weighted by molar-refractivity contribution is 6.46. The molecule has 1 atom stereocenters. The lowest BCUT2D eigenvalue weighted by molar-refractivity contribution is -0.139. The third-order valence-electron chi connectivity index (χ3n) is 5.32. The largest absolute Gasteiger partial charge is 0.507 e. The Bertz CT molecular complexity index is 985. The molecule has 1 fully saturated rings. The summed E-state index contributed by atoms with van der Waals surface area (Å²) in [5.41, 5.74) is 1.15. The Labute approximate surface area is 182 Å². The first-order valence-corrected chi connectivity index (χ1v) is 10.1. The smallest absolute Gasteiger partial charge is 0.295 e. The first-order valence-electron chi connectivity index (χ1n) is 10.1. The van der Waals surface area contributed by atoms with Gasteiger partial charge in [0.25, 0.3) is 11.7 Å². The first-order chi connectivity index (χ1) is 14.9. The highest BCUT2D eigenvalue weighted by Gasteiger charge is 2.46. The summed E-state index contributed by atoms with van der Waals surface area (Å²) < 4.78 is 10.6. The van der Waals surface area contributed by atoms with Gasteiger partial charge in [-0.3, -0.25) is 9.59 Å². The van der Waals surface area contributed by atoms with Gasteiger partial charge in [0.15, 0.2) is 0 Å². The summed E-state index contributed by atoms with van der Waals surface area (Å²) in [6.07, 6.45) is 0.704. The highest BCUT2D eigenvalue weighted by atomic mass is 16.5. The molecule has 31 heavy (non-hydrogen) atoms. The van der Waals surface area contributed by atoms with E-state index in [9.17, 15) is 14.7 Å². The van der Waals surface area contributed by atoms with Crippen LogP contribution in [0.15, 0.2) is 54.1 Å². The van der Waals surface area contributed by atoms with Crippen LogP contribution in [0, 0.1) is 0 Å². The zero-order chi connectivity index (χ0) is 22.5. The van der Waals surface area contributed by atoms with Crippen molar-refractivity contribution in [3.63, 3.8) is 0 Å². The van der Waals surface area contributed by atoms with Crippen LogP contribution in [-0.4, -0.2) is 68.0 Å². The van der Waals surface area contributed by atoms with Crippen molar-refractivity contribution in [1.82, 2.24) is 9.80 Å². The van der Waals surface area contributed by atoms with Gasteiger partial charge in [0.2, 0.25) is 0 Å². The van der Waals surface area contributed by atoms with Crippen LogP contribution in [0.25, 0.3) is 5.76 Å². The molecule has 1 amide bonds. The van der Waals surface area contributed by atoms with Crippen molar-refractivity contribution in [1.29, 1.82) is 0 Å². The number of amides is 1. The molecule has 0 aliphatic carbocycles. The van der Waals surface area contributed by atoms with Crippen molar-refractivity contribution in [2.75, 3.05) is 41.4 Å². The van der Waals surface area contributed by atoms with E-state index in [4.69, 9.17) is 9.47 Å². The van der Waals surface area contributed by atoms with Gasteiger partial charge in [-0.05, 0) is 44.8 Å². The Kier molecular flexibility index (Phi) is 6.97. The van der Waals surface area contributed by atoms with E-state index in [0.29, 0.717) is 30.0 Å². The number of carbonyl (C=O) groups is 2. The molecule has 0 spiro atoms. The van der Waals surface area contributed by atoms with Crippen LogP contribution in [0.5, 0.6) is 11.5 Å². The van der Waals surface area contributed by atoms with Gasteiger partial charge in [0.1, 0.15) is 17.3 Å². The van der Waals surface area contributed by atoms with E-state index in [-0.39, 0.29) is 11.3 Å². The third kappa shape index (κ3) is 4.56.